The first-order chi connectivity index (χ1) is 16.5. The van der Waals surface area contributed by atoms with E-state index in [-0.39, 0.29) is 29.2 Å². The van der Waals surface area contributed by atoms with Crippen molar-refractivity contribution in [1.82, 2.24) is 15.0 Å². The summed E-state index contributed by atoms with van der Waals surface area (Å²) in [5.74, 6) is -1.39. The monoisotopic (exact) mass is 491 g/mol. The average Bonchev–Trinajstić information content (AvgIpc) is 2.79. The highest BCUT2D eigenvalue weighted by Gasteiger charge is 2.36. The zero-order chi connectivity index (χ0) is 25.3. The number of alkyl halides is 3. The molecule has 1 aliphatic heterocycles. The van der Waals surface area contributed by atoms with Gasteiger partial charge in [-0.1, -0.05) is 0 Å². The Hall–Kier alpha value is -3.80. The molecule has 35 heavy (non-hydrogen) atoms. The molecule has 1 aromatic carbocycles. The Labute approximate surface area is 197 Å². The molecule has 0 radical (unpaired) electrons. The van der Waals surface area contributed by atoms with E-state index in [4.69, 9.17) is 4.74 Å². The van der Waals surface area contributed by atoms with Crippen molar-refractivity contribution >= 4 is 17.5 Å². The molecule has 2 aromatic heterocycles. The Morgan fingerprint density at radius 3 is 2.57 bits per heavy atom. The van der Waals surface area contributed by atoms with E-state index < -0.39 is 34.6 Å². The summed E-state index contributed by atoms with van der Waals surface area (Å²) in [6.45, 7) is 4.94. The smallest absolute Gasteiger partial charge is 0.372 e. The predicted octanol–water partition coefficient (Wildman–Crippen LogP) is 3.86. The lowest BCUT2D eigenvalue weighted by Crippen LogP contribution is -2.46. The third-order valence-electron chi connectivity index (χ3n) is 5.32. The molecule has 184 valence electrons. The Bertz CT molecular complexity index is 1300. The Kier molecular flexibility index (Phi) is 6.57. The van der Waals surface area contributed by atoms with Crippen LogP contribution in [0.15, 0.2) is 47.5 Å². The summed E-state index contributed by atoms with van der Waals surface area (Å²) in [5, 5.41) is 2.32. The van der Waals surface area contributed by atoms with E-state index in [2.05, 4.69) is 20.3 Å². The molecule has 0 saturated carbocycles. The number of ether oxygens (including phenoxy) is 1. The van der Waals surface area contributed by atoms with Crippen molar-refractivity contribution in [2.75, 3.05) is 23.3 Å². The summed E-state index contributed by atoms with van der Waals surface area (Å²) in [6.07, 6.45) is -2.85. The summed E-state index contributed by atoms with van der Waals surface area (Å²) in [5.41, 5.74) is -2.85. The minimum absolute atomic E-state index is 0.0262. The number of hydrogen-bond acceptors (Lipinski definition) is 6. The number of anilines is 2. The fraction of sp³-hybridized carbons (Fsp3) is 0.304. The minimum Gasteiger partial charge on any atom is -0.372 e. The highest BCUT2D eigenvalue weighted by atomic mass is 19.4. The lowest BCUT2D eigenvalue weighted by atomic mass is 10.1. The fourth-order valence-electron chi connectivity index (χ4n) is 3.88. The molecule has 1 saturated heterocycles. The molecular weight excluding hydrogens is 470 g/mol. The number of nitrogens with zero attached hydrogens (tertiary/aromatic N) is 3. The molecule has 3 heterocycles. The van der Waals surface area contributed by atoms with E-state index >= 15 is 0 Å². The van der Waals surface area contributed by atoms with Crippen molar-refractivity contribution in [1.29, 1.82) is 0 Å². The number of amides is 1. The Balaban J connectivity index is 1.62. The van der Waals surface area contributed by atoms with Crippen LogP contribution in [0.5, 0.6) is 0 Å². The maximum atomic E-state index is 14.7. The number of benzene rings is 1. The molecular formula is C23H21F4N5O3. The molecule has 2 N–H and O–H groups in total. The summed E-state index contributed by atoms with van der Waals surface area (Å²) in [6, 6.07) is 5.35. The molecule has 1 amide bonds. The number of halogens is 4. The quantitative estimate of drug-likeness (QED) is 0.538. The third kappa shape index (κ3) is 5.48. The van der Waals surface area contributed by atoms with Crippen LogP contribution in [-0.2, 0) is 10.9 Å². The van der Waals surface area contributed by atoms with Crippen LogP contribution in [0.4, 0.5) is 29.2 Å². The number of nitrogens with one attached hydrogen (secondary N) is 2. The number of pyridine rings is 1. The fourth-order valence-corrected chi connectivity index (χ4v) is 3.88. The van der Waals surface area contributed by atoms with Crippen LogP contribution in [0.2, 0.25) is 0 Å². The highest BCUT2D eigenvalue weighted by Crippen LogP contribution is 2.32. The van der Waals surface area contributed by atoms with Gasteiger partial charge in [0.15, 0.2) is 0 Å². The molecule has 2 atom stereocenters. The second-order valence-electron chi connectivity index (χ2n) is 8.18. The number of hydrogen-bond donors (Lipinski definition) is 2. The van der Waals surface area contributed by atoms with Gasteiger partial charge in [-0.05, 0) is 38.1 Å². The first kappa shape index (κ1) is 24.3. The lowest BCUT2D eigenvalue weighted by Gasteiger charge is -2.35. The van der Waals surface area contributed by atoms with Gasteiger partial charge < -0.3 is 19.9 Å². The molecule has 8 nitrogen and oxygen atoms in total. The lowest BCUT2D eigenvalue weighted by molar-refractivity contribution is -0.138. The first-order valence-electron chi connectivity index (χ1n) is 10.7. The van der Waals surface area contributed by atoms with Crippen LogP contribution in [0, 0.1) is 5.82 Å². The van der Waals surface area contributed by atoms with E-state index in [0.717, 1.165) is 6.07 Å². The van der Waals surface area contributed by atoms with Gasteiger partial charge in [-0.3, -0.25) is 9.59 Å². The maximum absolute atomic E-state index is 14.7. The highest BCUT2D eigenvalue weighted by molar-refractivity contribution is 6.05. The number of carbonyl (C=O) groups is 1. The van der Waals surface area contributed by atoms with Crippen molar-refractivity contribution in [3.8, 4) is 11.3 Å². The standard InChI is InChI=1S/C23H21F4N5O3/c1-12-10-32(11-13(2)35-12)22-28-6-5-19(31-22)15-7-14(3-4-18(15)24)30-21(34)16-9-29-20(33)8-17(16)23(25,26)27/h3-9,12-13H,10-11H2,1-2H3,(H,29,33)(H,30,34)/t12-,13+. The maximum Gasteiger partial charge on any atom is 0.417 e. The van der Waals surface area contributed by atoms with Crippen molar-refractivity contribution in [3.05, 3.63) is 70.0 Å². The number of aromatic nitrogens is 3. The number of carbonyl (C=O) groups excluding carboxylic acids is 1. The van der Waals surface area contributed by atoms with Gasteiger partial charge in [0, 0.05) is 42.8 Å². The molecule has 4 rings (SSSR count). The van der Waals surface area contributed by atoms with Gasteiger partial charge >= 0.3 is 6.18 Å². The Morgan fingerprint density at radius 2 is 1.89 bits per heavy atom. The SMILES string of the molecule is C[C@@H]1CN(c2nccc(-c3cc(NC(=O)c4c[nH]c(=O)cc4C(F)(F)F)ccc3F)n2)C[C@H](C)O1. The zero-order valence-corrected chi connectivity index (χ0v) is 18.7. The predicted molar refractivity (Wildman–Crippen MR) is 120 cm³/mol. The van der Waals surface area contributed by atoms with E-state index in [0.29, 0.717) is 31.3 Å². The second kappa shape index (κ2) is 9.45. The van der Waals surface area contributed by atoms with E-state index in [9.17, 15) is 27.2 Å². The topological polar surface area (TPSA) is 100 Å². The molecule has 12 heteroatoms. The van der Waals surface area contributed by atoms with Gasteiger partial charge in [-0.2, -0.15) is 13.2 Å². The minimum atomic E-state index is -4.92. The normalized spacial score (nSPS) is 18.4. The zero-order valence-electron chi connectivity index (χ0n) is 18.7. The second-order valence-corrected chi connectivity index (χ2v) is 8.18. The van der Waals surface area contributed by atoms with Crippen molar-refractivity contribution in [2.45, 2.75) is 32.2 Å². The molecule has 0 spiro atoms. The van der Waals surface area contributed by atoms with Crippen LogP contribution in [-0.4, -0.2) is 46.2 Å². The van der Waals surface area contributed by atoms with Crippen LogP contribution >= 0.6 is 0 Å². The van der Waals surface area contributed by atoms with Gasteiger partial charge in [-0.25, -0.2) is 14.4 Å². The van der Waals surface area contributed by atoms with Crippen molar-refractivity contribution < 1.29 is 27.1 Å². The average molecular weight is 491 g/mol. The number of rotatable bonds is 4. The van der Waals surface area contributed by atoms with Crippen LogP contribution in [0.25, 0.3) is 11.3 Å². The largest absolute Gasteiger partial charge is 0.417 e. The van der Waals surface area contributed by atoms with Crippen LogP contribution in [0.1, 0.15) is 29.8 Å². The van der Waals surface area contributed by atoms with Crippen molar-refractivity contribution in [3.63, 3.8) is 0 Å². The Morgan fingerprint density at radius 1 is 1.17 bits per heavy atom. The van der Waals surface area contributed by atoms with Gasteiger partial charge in [-0.15, -0.1) is 0 Å². The summed E-state index contributed by atoms with van der Waals surface area (Å²) in [4.78, 5) is 36.6. The van der Waals surface area contributed by atoms with Gasteiger partial charge in [0.25, 0.3) is 5.91 Å². The molecule has 3 aromatic rings. The summed E-state index contributed by atoms with van der Waals surface area (Å²) < 4.78 is 60.3. The van der Waals surface area contributed by atoms with Gasteiger partial charge in [0.2, 0.25) is 11.5 Å². The third-order valence-corrected chi connectivity index (χ3v) is 5.32. The van der Waals surface area contributed by atoms with Crippen LogP contribution < -0.4 is 15.8 Å². The number of H-pyrrole nitrogens is 1. The molecule has 0 unspecified atom stereocenters. The number of aromatic amines is 1. The number of morpholine rings is 1. The summed E-state index contributed by atoms with van der Waals surface area (Å²) >= 11 is 0. The van der Waals surface area contributed by atoms with Crippen LogP contribution in [0.3, 0.4) is 0 Å². The van der Waals surface area contributed by atoms with Gasteiger partial charge in [0.1, 0.15) is 5.82 Å². The van der Waals surface area contributed by atoms with Gasteiger partial charge in [0.05, 0.1) is 29.0 Å². The molecule has 1 fully saturated rings. The molecule has 0 aliphatic carbocycles. The molecule has 0 bridgehead atoms. The molecule has 1 aliphatic rings. The van der Waals surface area contributed by atoms with E-state index in [1.807, 2.05) is 18.7 Å². The first-order valence-corrected chi connectivity index (χ1v) is 10.7. The summed E-state index contributed by atoms with van der Waals surface area (Å²) in [7, 11) is 0. The van der Waals surface area contributed by atoms with Crippen molar-refractivity contribution in [2.24, 2.45) is 0 Å². The van der Waals surface area contributed by atoms with E-state index in [1.165, 1.54) is 24.4 Å². The van der Waals surface area contributed by atoms with E-state index in [1.54, 1.807) is 0 Å².